The third-order valence-electron chi connectivity index (χ3n) is 4.51. The van der Waals surface area contributed by atoms with E-state index in [0.717, 1.165) is 31.9 Å². The van der Waals surface area contributed by atoms with Gasteiger partial charge in [0.05, 0.1) is 6.04 Å². The summed E-state index contributed by atoms with van der Waals surface area (Å²) in [6.07, 6.45) is 4.50. The predicted octanol–water partition coefficient (Wildman–Crippen LogP) is 1.16. The molecule has 0 aromatic carbocycles. The summed E-state index contributed by atoms with van der Waals surface area (Å²) in [6.45, 7) is 2.68. The quantitative estimate of drug-likeness (QED) is 0.898. The second kappa shape index (κ2) is 4.87. The molecule has 1 amide bonds. The van der Waals surface area contributed by atoms with Gasteiger partial charge in [-0.2, -0.15) is 5.10 Å². The van der Waals surface area contributed by atoms with E-state index in [-0.39, 0.29) is 11.9 Å². The number of likely N-dealkylation sites (tertiary alicyclic amines) is 1. The molecule has 4 rings (SSSR count). The molecule has 0 saturated carbocycles. The zero-order valence-electron chi connectivity index (χ0n) is 11.6. The van der Waals surface area contributed by atoms with Gasteiger partial charge in [-0.05, 0) is 24.6 Å². The van der Waals surface area contributed by atoms with Crippen molar-refractivity contribution < 1.29 is 4.79 Å². The molecule has 2 aliphatic rings. The van der Waals surface area contributed by atoms with Gasteiger partial charge in [-0.25, -0.2) is 4.98 Å². The summed E-state index contributed by atoms with van der Waals surface area (Å²) in [5.41, 5.74) is 0.576. The molecule has 2 unspecified atom stereocenters. The van der Waals surface area contributed by atoms with Crippen molar-refractivity contribution in [2.75, 3.05) is 24.5 Å². The van der Waals surface area contributed by atoms with Crippen molar-refractivity contribution in [1.29, 1.82) is 0 Å². The van der Waals surface area contributed by atoms with Gasteiger partial charge in [-0.1, -0.05) is 6.07 Å². The maximum atomic E-state index is 12.5. The number of carbonyl (C=O) groups is 1. The molecule has 2 saturated heterocycles. The highest BCUT2D eigenvalue weighted by Gasteiger charge is 2.44. The molecule has 1 N–H and O–H groups in total. The topological polar surface area (TPSA) is 65.1 Å². The number of nitrogens with zero attached hydrogens (tertiary/aromatic N) is 4. The van der Waals surface area contributed by atoms with Gasteiger partial charge in [0.25, 0.3) is 5.91 Å². The molecule has 6 nitrogen and oxygen atoms in total. The fourth-order valence-corrected chi connectivity index (χ4v) is 3.47. The molecule has 2 aliphatic heterocycles. The van der Waals surface area contributed by atoms with E-state index in [1.54, 1.807) is 12.3 Å². The second-order valence-electron chi connectivity index (χ2n) is 5.68. The van der Waals surface area contributed by atoms with Crippen molar-refractivity contribution in [2.24, 2.45) is 5.92 Å². The number of pyridine rings is 1. The van der Waals surface area contributed by atoms with Crippen LogP contribution in [0.1, 0.15) is 16.9 Å². The van der Waals surface area contributed by atoms with E-state index in [1.165, 1.54) is 0 Å². The van der Waals surface area contributed by atoms with Gasteiger partial charge in [0.1, 0.15) is 11.5 Å². The van der Waals surface area contributed by atoms with E-state index in [9.17, 15) is 4.79 Å². The van der Waals surface area contributed by atoms with Gasteiger partial charge < -0.3 is 9.80 Å². The molecule has 2 atom stereocenters. The monoisotopic (exact) mass is 283 g/mol. The summed E-state index contributed by atoms with van der Waals surface area (Å²) < 4.78 is 0. The van der Waals surface area contributed by atoms with Gasteiger partial charge in [0, 0.05) is 37.9 Å². The van der Waals surface area contributed by atoms with Crippen molar-refractivity contribution in [3.63, 3.8) is 0 Å². The third kappa shape index (κ3) is 2.07. The average molecular weight is 283 g/mol. The van der Waals surface area contributed by atoms with E-state index >= 15 is 0 Å². The number of hydrogen-bond donors (Lipinski definition) is 1. The Morgan fingerprint density at radius 3 is 2.95 bits per heavy atom. The minimum atomic E-state index is 0.0582. The molecular formula is C15H17N5O. The molecule has 2 aromatic rings. The van der Waals surface area contributed by atoms with Crippen LogP contribution in [-0.4, -0.2) is 51.7 Å². The fourth-order valence-electron chi connectivity index (χ4n) is 3.47. The van der Waals surface area contributed by atoms with Crippen molar-refractivity contribution in [2.45, 2.75) is 12.5 Å². The number of nitrogens with one attached hydrogen (secondary N) is 1. The van der Waals surface area contributed by atoms with E-state index in [0.29, 0.717) is 11.6 Å². The Balaban J connectivity index is 1.52. The van der Waals surface area contributed by atoms with Crippen LogP contribution >= 0.6 is 0 Å². The molecule has 108 valence electrons. The van der Waals surface area contributed by atoms with Gasteiger partial charge in [0.2, 0.25) is 0 Å². The summed E-state index contributed by atoms with van der Waals surface area (Å²) in [6, 6.07) is 7.98. The summed E-state index contributed by atoms with van der Waals surface area (Å²) in [5.74, 6) is 1.60. The minimum Gasteiger partial charge on any atom is -0.354 e. The molecule has 0 spiro atoms. The molecular weight excluding hydrogens is 266 g/mol. The van der Waals surface area contributed by atoms with Crippen molar-refractivity contribution in [3.8, 4) is 0 Å². The minimum absolute atomic E-state index is 0.0582. The van der Waals surface area contributed by atoms with Crippen LogP contribution in [0.5, 0.6) is 0 Å². The molecule has 0 radical (unpaired) electrons. The molecule has 2 fully saturated rings. The number of carbonyl (C=O) groups excluding carboxylic acids is 1. The first-order valence-electron chi connectivity index (χ1n) is 7.29. The number of amides is 1. The number of anilines is 1. The summed E-state index contributed by atoms with van der Waals surface area (Å²) in [4.78, 5) is 21.2. The Kier molecular flexibility index (Phi) is 2.87. The van der Waals surface area contributed by atoms with E-state index in [2.05, 4.69) is 20.1 Å². The van der Waals surface area contributed by atoms with Crippen LogP contribution in [-0.2, 0) is 0 Å². The van der Waals surface area contributed by atoms with Crippen LogP contribution in [0.15, 0.2) is 36.7 Å². The normalized spacial score (nSPS) is 24.4. The Bertz CT molecular complexity index is 627. The summed E-state index contributed by atoms with van der Waals surface area (Å²) in [7, 11) is 0. The number of hydrogen-bond acceptors (Lipinski definition) is 4. The van der Waals surface area contributed by atoms with Gasteiger partial charge >= 0.3 is 0 Å². The van der Waals surface area contributed by atoms with E-state index in [4.69, 9.17) is 0 Å². The van der Waals surface area contributed by atoms with Crippen LogP contribution in [0, 0.1) is 5.92 Å². The van der Waals surface area contributed by atoms with Crippen molar-refractivity contribution in [3.05, 3.63) is 42.4 Å². The van der Waals surface area contributed by atoms with Gasteiger partial charge in [-0.3, -0.25) is 9.89 Å². The zero-order chi connectivity index (χ0) is 14.2. The first-order chi connectivity index (χ1) is 10.3. The lowest BCUT2D eigenvalue weighted by Crippen LogP contribution is -2.40. The fraction of sp³-hybridized carbons (Fsp3) is 0.400. The molecule has 21 heavy (non-hydrogen) atoms. The summed E-state index contributed by atoms with van der Waals surface area (Å²) >= 11 is 0. The maximum Gasteiger partial charge on any atom is 0.272 e. The summed E-state index contributed by atoms with van der Waals surface area (Å²) in [5, 5.41) is 6.64. The Morgan fingerprint density at radius 1 is 1.24 bits per heavy atom. The molecule has 4 heterocycles. The van der Waals surface area contributed by atoms with Gasteiger partial charge in [-0.15, -0.1) is 0 Å². The van der Waals surface area contributed by atoms with Crippen molar-refractivity contribution >= 4 is 11.7 Å². The highest BCUT2D eigenvalue weighted by atomic mass is 16.2. The van der Waals surface area contributed by atoms with Crippen molar-refractivity contribution in [1.82, 2.24) is 20.1 Å². The van der Waals surface area contributed by atoms with Crippen LogP contribution < -0.4 is 4.90 Å². The van der Waals surface area contributed by atoms with Crippen LogP contribution in [0.2, 0.25) is 0 Å². The molecule has 6 heteroatoms. The van der Waals surface area contributed by atoms with Gasteiger partial charge in [0.15, 0.2) is 0 Å². The lowest BCUT2D eigenvalue weighted by Gasteiger charge is -2.24. The van der Waals surface area contributed by atoms with Crippen LogP contribution in [0.25, 0.3) is 0 Å². The molecule has 0 bridgehead atoms. The smallest absolute Gasteiger partial charge is 0.272 e. The Hall–Kier alpha value is -2.37. The SMILES string of the molecule is O=C(c1ccn[nH]1)N1CCC2CN(c3ccccn3)CC21. The highest BCUT2D eigenvalue weighted by Crippen LogP contribution is 2.34. The Labute approximate surface area is 122 Å². The number of H-pyrrole nitrogens is 1. The van der Waals surface area contributed by atoms with E-state index in [1.807, 2.05) is 29.3 Å². The lowest BCUT2D eigenvalue weighted by atomic mass is 10.1. The second-order valence-corrected chi connectivity index (χ2v) is 5.68. The van der Waals surface area contributed by atoms with Crippen LogP contribution in [0.4, 0.5) is 5.82 Å². The lowest BCUT2D eigenvalue weighted by molar-refractivity contribution is 0.0732. The molecule has 0 aliphatic carbocycles. The molecule has 2 aromatic heterocycles. The number of rotatable bonds is 2. The van der Waals surface area contributed by atoms with Crippen LogP contribution in [0.3, 0.4) is 0 Å². The maximum absolute atomic E-state index is 12.5. The number of aromatic amines is 1. The predicted molar refractivity (Wildman–Crippen MR) is 78.0 cm³/mol. The zero-order valence-corrected chi connectivity index (χ0v) is 11.6. The first kappa shape index (κ1) is 12.4. The highest BCUT2D eigenvalue weighted by molar-refractivity contribution is 5.92. The number of aromatic nitrogens is 3. The van der Waals surface area contributed by atoms with E-state index < -0.39 is 0 Å². The third-order valence-corrected chi connectivity index (χ3v) is 4.51. The number of fused-ring (bicyclic) bond motifs is 1. The standard InChI is InChI=1S/C15H17N5O/c21-15(12-4-7-17-18-12)20-8-5-11-9-19(10-13(11)20)14-3-1-2-6-16-14/h1-4,6-7,11,13H,5,8-10H2,(H,17,18). The Morgan fingerprint density at radius 2 is 2.19 bits per heavy atom. The largest absolute Gasteiger partial charge is 0.354 e. The first-order valence-corrected chi connectivity index (χ1v) is 7.29. The average Bonchev–Trinajstić information content (AvgIpc) is 3.24.